The molecule has 2 saturated carbocycles. The summed E-state index contributed by atoms with van der Waals surface area (Å²) in [5.74, 6) is 1.42. The monoisotopic (exact) mass is 578 g/mol. The number of esters is 1. The van der Waals surface area contributed by atoms with Gasteiger partial charge in [-0.1, -0.05) is 70.4 Å². The van der Waals surface area contributed by atoms with Gasteiger partial charge in [-0.2, -0.15) is 0 Å². The molecule has 2 nitrogen and oxygen atoms in total. The molecular formula is C38H52F2O2. The highest BCUT2D eigenvalue weighted by molar-refractivity contribution is 5.86. The molecule has 1 unspecified atom stereocenters. The zero-order chi connectivity index (χ0) is 30.1. The van der Waals surface area contributed by atoms with Gasteiger partial charge in [0.25, 0.3) is 0 Å². The molecule has 42 heavy (non-hydrogen) atoms. The highest BCUT2D eigenvalue weighted by Gasteiger charge is 2.28. The number of ether oxygens (including phenoxy) is 1. The molecule has 2 fully saturated rings. The van der Waals surface area contributed by atoms with Crippen molar-refractivity contribution in [3.05, 3.63) is 82.4 Å². The van der Waals surface area contributed by atoms with Gasteiger partial charge in [0.05, 0.1) is 6.61 Å². The standard InChI is InChI=1S/C38H52F2O2/c1-5-6-7-10-28-11-13-29(14-12-28)33-20-22-35(37(40)25-33)31-17-15-30(16-18-31)32-19-21-34(36(39)24-32)27(4)9-8-23-42-38(41)26(2)3/h19-22,24-25,27-31H,2,5-18,23H2,1,3-4H3. The molecular weight excluding hydrogens is 526 g/mol. The zero-order valence-corrected chi connectivity index (χ0v) is 26.2. The van der Waals surface area contributed by atoms with Gasteiger partial charge in [0.15, 0.2) is 0 Å². The first-order valence-corrected chi connectivity index (χ1v) is 16.7. The summed E-state index contributed by atoms with van der Waals surface area (Å²) in [5.41, 5.74) is 4.22. The minimum absolute atomic E-state index is 0.0280. The molecule has 0 bridgehead atoms. The summed E-state index contributed by atoms with van der Waals surface area (Å²) in [5, 5.41) is 0. The number of benzene rings is 2. The second-order valence-corrected chi connectivity index (χ2v) is 13.3. The number of unbranched alkanes of at least 4 members (excludes halogenated alkanes) is 2. The van der Waals surface area contributed by atoms with Gasteiger partial charge in [-0.15, -0.1) is 0 Å². The van der Waals surface area contributed by atoms with Crippen molar-refractivity contribution in [3.63, 3.8) is 0 Å². The first kappa shape index (κ1) is 32.4. The normalized spacial score (nSPS) is 23.4. The van der Waals surface area contributed by atoms with Crippen LogP contribution in [0, 0.1) is 17.6 Å². The Balaban J connectivity index is 1.25. The summed E-state index contributed by atoms with van der Waals surface area (Å²) in [7, 11) is 0. The maximum Gasteiger partial charge on any atom is 0.333 e. The van der Waals surface area contributed by atoms with Crippen LogP contribution in [0.2, 0.25) is 0 Å². The number of carbonyl (C=O) groups excluding carboxylic acids is 1. The average Bonchev–Trinajstić information content (AvgIpc) is 2.99. The van der Waals surface area contributed by atoms with Crippen molar-refractivity contribution in [2.75, 3.05) is 6.61 Å². The van der Waals surface area contributed by atoms with Crippen molar-refractivity contribution in [1.29, 1.82) is 0 Å². The fraction of sp³-hybridized carbons (Fsp3) is 0.605. The number of rotatable bonds is 13. The molecule has 2 aromatic rings. The first-order valence-electron chi connectivity index (χ1n) is 16.7. The summed E-state index contributed by atoms with van der Waals surface area (Å²) in [6, 6.07) is 11.8. The lowest BCUT2D eigenvalue weighted by Gasteiger charge is -2.31. The predicted octanol–water partition coefficient (Wildman–Crippen LogP) is 11.3. The highest BCUT2D eigenvalue weighted by Crippen LogP contribution is 2.43. The van der Waals surface area contributed by atoms with Gasteiger partial charge in [-0.25, -0.2) is 13.6 Å². The van der Waals surface area contributed by atoms with Gasteiger partial charge < -0.3 is 4.74 Å². The number of hydrogen-bond acceptors (Lipinski definition) is 2. The van der Waals surface area contributed by atoms with Crippen LogP contribution in [0.25, 0.3) is 0 Å². The largest absolute Gasteiger partial charge is 0.462 e. The van der Waals surface area contributed by atoms with E-state index in [0.717, 1.165) is 49.1 Å². The van der Waals surface area contributed by atoms with Gasteiger partial charge in [0, 0.05) is 5.57 Å². The molecule has 0 aliphatic heterocycles. The summed E-state index contributed by atoms with van der Waals surface area (Å²) in [6.07, 6.45) is 15.5. The van der Waals surface area contributed by atoms with E-state index in [1.807, 2.05) is 19.1 Å². The van der Waals surface area contributed by atoms with E-state index in [4.69, 9.17) is 4.74 Å². The Morgan fingerprint density at radius 2 is 1.45 bits per heavy atom. The van der Waals surface area contributed by atoms with E-state index in [1.165, 1.54) is 56.9 Å². The van der Waals surface area contributed by atoms with Crippen LogP contribution in [0.5, 0.6) is 0 Å². The molecule has 0 aromatic heterocycles. The molecule has 0 radical (unpaired) electrons. The van der Waals surface area contributed by atoms with Gasteiger partial charge >= 0.3 is 5.97 Å². The molecule has 2 aliphatic carbocycles. The van der Waals surface area contributed by atoms with E-state index in [1.54, 1.807) is 13.0 Å². The molecule has 0 N–H and O–H groups in total. The molecule has 230 valence electrons. The Bertz CT molecular complexity index is 1170. The molecule has 0 heterocycles. The third-order valence-electron chi connectivity index (χ3n) is 10.1. The summed E-state index contributed by atoms with van der Waals surface area (Å²) in [4.78, 5) is 11.5. The zero-order valence-electron chi connectivity index (χ0n) is 26.2. The predicted molar refractivity (Wildman–Crippen MR) is 169 cm³/mol. The summed E-state index contributed by atoms with van der Waals surface area (Å²) in [6.45, 7) is 9.82. The average molecular weight is 579 g/mol. The summed E-state index contributed by atoms with van der Waals surface area (Å²) >= 11 is 0. The third-order valence-corrected chi connectivity index (χ3v) is 10.1. The van der Waals surface area contributed by atoms with Crippen LogP contribution >= 0.6 is 0 Å². The SMILES string of the molecule is C=C(C)C(=O)OCCCC(C)c1ccc(C2CCC(c3ccc(C4CCC(CCCCC)CC4)cc3F)CC2)cc1F. The minimum atomic E-state index is -0.377. The van der Waals surface area contributed by atoms with E-state index in [2.05, 4.69) is 31.7 Å². The molecule has 0 saturated heterocycles. The number of carbonyl (C=O) groups is 1. The lowest BCUT2D eigenvalue weighted by atomic mass is 9.74. The Morgan fingerprint density at radius 3 is 2.05 bits per heavy atom. The molecule has 2 aromatic carbocycles. The molecule has 0 spiro atoms. The van der Waals surface area contributed by atoms with E-state index in [-0.39, 0.29) is 29.4 Å². The van der Waals surface area contributed by atoms with Crippen LogP contribution in [0.1, 0.15) is 157 Å². The van der Waals surface area contributed by atoms with Gasteiger partial charge in [-0.3, -0.25) is 0 Å². The topological polar surface area (TPSA) is 26.3 Å². The fourth-order valence-electron chi connectivity index (χ4n) is 7.36. The van der Waals surface area contributed by atoms with E-state index < -0.39 is 0 Å². The Hall–Kier alpha value is -2.49. The van der Waals surface area contributed by atoms with Crippen molar-refractivity contribution >= 4 is 5.97 Å². The van der Waals surface area contributed by atoms with Crippen LogP contribution in [0.4, 0.5) is 8.78 Å². The van der Waals surface area contributed by atoms with Crippen molar-refractivity contribution in [3.8, 4) is 0 Å². The Kier molecular flexibility index (Phi) is 12.2. The van der Waals surface area contributed by atoms with E-state index in [9.17, 15) is 4.79 Å². The second-order valence-electron chi connectivity index (χ2n) is 13.3. The van der Waals surface area contributed by atoms with Crippen molar-refractivity contribution in [1.82, 2.24) is 0 Å². The smallest absolute Gasteiger partial charge is 0.333 e. The molecule has 4 rings (SSSR count). The van der Waals surface area contributed by atoms with Gasteiger partial charge in [0.2, 0.25) is 0 Å². The van der Waals surface area contributed by atoms with Gasteiger partial charge in [0.1, 0.15) is 11.6 Å². The fourth-order valence-corrected chi connectivity index (χ4v) is 7.36. The van der Waals surface area contributed by atoms with Crippen LogP contribution in [0.3, 0.4) is 0 Å². The first-order chi connectivity index (χ1) is 20.3. The van der Waals surface area contributed by atoms with Crippen LogP contribution in [-0.4, -0.2) is 12.6 Å². The van der Waals surface area contributed by atoms with Crippen LogP contribution in [0.15, 0.2) is 48.6 Å². The lowest BCUT2D eigenvalue weighted by molar-refractivity contribution is -0.139. The Labute approximate surface area is 253 Å². The second kappa shape index (κ2) is 15.8. The maximum absolute atomic E-state index is 15.4. The number of hydrogen-bond donors (Lipinski definition) is 0. The maximum atomic E-state index is 15.4. The van der Waals surface area contributed by atoms with Gasteiger partial charge in [-0.05, 0) is 135 Å². The minimum Gasteiger partial charge on any atom is -0.462 e. The molecule has 1 atom stereocenters. The van der Waals surface area contributed by atoms with Crippen LogP contribution in [-0.2, 0) is 9.53 Å². The molecule has 2 aliphatic rings. The lowest BCUT2D eigenvalue weighted by Crippen LogP contribution is -2.15. The third kappa shape index (κ3) is 8.77. The summed E-state index contributed by atoms with van der Waals surface area (Å²) < 4.78 is 35.7. The van der Waals surface area contributed by atoms with Crippen molar-refractivity contribution < 1.29 is 18.3 Å². The van der Waals surface area contributed by atoms with Crippen molar-refractivity contribution in [2.24, 2.45) is 5.92 Å². The van der Waals surface area contributed by atoms with Crippen molar-refractivity contribution in [2.45, 2.75) is 134 Å². The molecule has 0 amide bonds. The van der Waals surface area contributed by atoms with E-state index in [0.29, 0.717) is 36.0 Å². The number of halogens is 2. The highest BCUT2D eigenvalue weighted by atomic mass is 19.1. The van der Waals surface area contributed by atoms with Crippen LogP contribution < -0.4 is 0 Å². The Morgan fingerprint density at radius 1 is 0.857 bits per heavy atom. The van der Waals surface area contributed by atoms with E-state index >= 15 is 8.78 Å². The molecule has 4 heteroatoms. The quantitative estimate of drug-likeness (QED) is 0.134.